The van der Waals surface area contributed by atoms with Gasteiger partial charge in [0.2, 0.25) is 0 Å². The van der Waals surface area contributed by atoms with Crippen molar-refractivity contribution < 1.29 is 4.74 Å². The molecule has 0 aromatic heterocycles. The highest BCUT2D eigenvalue weighted by atomic mass is 16.5. The molecule has 0 unspecified atom stereocenters. The monoisotopic (exact) mass is 192 g/mol. The minimum atomic E-state index is -0.0223. The Kier molecular flexibility index (Phi) is 2.11. The number of ether oxygens (including phenoxy) is 1. The van der Waals surface area contributed by atoms with Crippen LogP contribution in [0.4, 0.5) is 5.69 Å². The van der Waals surface area contributed by atoms with Crippen LogP contribution in [0.2, 0.25) is 0 Å². The van der Waals surface area contributed by atoms with Gasteiger partial charge in [0.15, 0.2) is 0 Å². The van der Waals surface area contributed by atoms with Crippen molar-refractivity contribution in [2.45, 2.75) is 25.8 Å². The van der Waals surface area contributed by atoms with Crippen LogP contribution in [-0.2, 0) is 0 Å². The number of nitrogen functional groups attached to an aromatic ring is 1. The molecule has 3 heteroatoms. The largest absolute Gasteiger partial charge is 0.489 e. The van der Waals surface area contributed by atoms with Crippen molar-refractivity contribution in [1.29, 1.82) is 0 Å². The number of hydrogen-bond donors (Lipinski definition) is 2. The van der Waals surface area contributed by atoms with Crippen molar-refractivity contribution in [3.8, 4) is 5.75 Å². The van der Waals surface area contributed by atoms with Crippen molar-refractivity contribution in [3.05, 3.63) is 23.3 Å². The number of anilines is 1. The Balaban J connectivity index is 2.60. The van der Waals surface area contributed by atoms with E-state index in [-0.39, 0.29) is 6.04 Å². The van der Waals surface area contributed by atoms with Crippen LogP contribution in [0.3, 0.4) is 0 Å². The highest BCUT2D eigenvalue weighted by Crippen LogP contribution is 2.40. The van der Waals surface area contributed by atoms with Crippen LogP contribution in [0, 0.1) is 0 Å². The van der Waals surface area contributed by atoms with E-state index in [1.807, 2.05) is 12.1 Å². The first-order valence-corrected chi connectivity index (χ1v) is 4.92. The van der Waals surface area contributed by atoms with Crippen LogP contribution in [-0.4, -0.2) is 6.61 Å². The van der Waals surface area contributed by atoms with Crippen molar-refractivity contribution >= 4 is 5.69 Å². The highest BCUT2D eigenvalue weighted by Gasteiger charge is 2.26. The molecule has 0 bridgehead atoms. The summed E-state index contributed by atoms with van der Waals surface area (Å²) in [6.07, 6.45) is 0. The summed E-state index contributed by atoms with van der Waals surface area (Å²) < 4.78 is 5.48. The van der Waals surface area contributed by atoms with Crippen molar-refractivity contribution in [1.82, 2.24) is 0 Å². The molecule has 0 amide bonds. The summed E-state index contributed by atoms with van der Waals surface area (Å²) in [5.74, 6) is 1.25. The Bertz CT molecular complexity index is 361. The van der Waals surface area contributed by atoms with Gasteiger partial charge in [-0.1, -0.05) is 19.9 Å². The van der Waals surface area contributed by atoms with Crippen LogP contribution in [0.15, 0.2) is 12.1 Å². The fourth-order valence-electron chi connectivity index (χ4n) is 1.94. The van der Waals surface area contributed by atoms with Crippen LogP contribution in [0.5, 0.6) is 5.75 Å². The van der Waals surface area contributed by atoms with Gasteiger partial charge in [0, 0.05) is 5.56 Å². The highest BCUT2D eigenvalue weighted by molar-refractivity contribution is 5.62. The molecule has 0 spiro atoms. The molecule has 0 aliphatic carbocycles. The zero-order chi connectivity index (χ0) is 10.3. The Hall–Kier alpha value is -1.22. The topological polar surface area (TPSA) is 61.3 Å². The minimum absolute atomic E-state index is 0.0223. The number of rotatable bonds is 1. The normalized spacial score (nSPS) is 19.6. The molecule has 1 aromatic carbocycles. The van der Waals surface area contributed by atoms with Crippen molar-refractivity contribution in [3.63, 3.8) is 0 Å². The van der Waals surface area contributed by atoms with Crippen molar-refractivity contribution in [2.24, 2.45) is 5.73 Å². The maximum atomic E-state index is 5.97. The molecule has 1 atom stereocenters. The van der Waals surface area contributed by atoms with Gasteiger partial charge in [0.05, 0.1) is 11.7 Å². The first-order valence-electron chi connectivity index (χ1n) is 4.92. The summed E-state index contributed by atoms with van der Waals surface area (Å²) in [4.78, 5) is 0. The molecule has 0 saturated carbocycles. The van der Waals surface area contributed by atoms with Gasteiger partial charge < -0.3 is 16.2 Å². The fraction of sp³-hybridized carbons (Fsp3) is 0.455. The van der Waals surface area contributed by atoms with Crippen LogP contribution < -0.4 is 16.2 Å². The Morgan fingerprint density at radius 1 is 1.43 bits per heavy atom. The molecule has 0 saturated heterocycles. The van der Waals surface area contributed by atoms with E-state index in [0.29, 0.717) is 18.2 Å². The lowest BCUT2D eigenvalue weighted by molar-refractivity contribution is 0.334. The summed E-state index contributed by atoms with van der Waals surface area (Å²) in [6.45, 7) is 4.84. The van der Waals surface area contributed by atoms with Gasteiger partial charge in [-0.3, -0.25) is 0 Å². The molecule has 1 aromatic rings. The van der Waals surface area contributed by atoms with Crippen molar-refractivity contribution in [2.75, 3.05) is 12.3 Å². The number of hydrogen-bond acceptors (Lipinski definition) is 3. The van der Waals surface area contributed by atoms with Crippen LogP contribution in [0.25, 0.3) is 0 Å². The third-order valence-corrected chi connectivity index (χ3v) is 2.66. The summed E-state index contributed by atoms with van der Waals surface area (Å²) in [7, 11) is 0. The lowest BCUT2D eigenvalue weighted by Crippen LogP contribution is -2.13. The van der Waals surface area contributed by atoms with Gasteiger partial charge in [-0.25, -0.2) is 0 Å². The molecule has 0 fully saturated rings. The lowest BCUT2D eigenvalue weighted by Gasteiger charge is -2.13. The molecule has 1 aliphatic heterocycles. The molecule has 4 N–H and O–H groups in total. The predicted octanol–water partition coefficient (Wildman–Crippen LogP) is 1.78. The smallest absolute Gasteiger partial charge is 0.147 e. The Morgan fingerprint density at radius 3 is 2.79 bits per heavy atom. The molecular formula is C11H16N2O. The predicted molar refractivity (Wildman–Crippen MR) is 57.4 cm³/mol. The molecule has 76 valence electrons. The quantitative estimate of drug-likeness (QED) is 0.667. The van der Waals surface area contributed by atoms with Gasteiger partial charge in [0.1, 0.15) is 12.4 Å². The standard InChI is InChI=1S/C11H16N2O/c1-6(2)7-3-4-8(12)11-10(7)9(13)5-14-11/h3-4,6,9H,5,12-13H2,1-2H3/t9-/m0/s1. The van der Waals surface area contributed by atoms with E-state index < -0.39 is 0 Å². The fourth-order valence-corrected chi connectivity index (χ4v) is 1.94. The first-order chi connectivity index (χ1) is 6.61. The van der Waals surface area contributed by atoms with Crippen LogP contribution >= 0.6 is 0 Å². The van der Waals surface area contributed by atoms with E-state index >= 15 is 0 Å². The molecule has 2 rings (SSSR count). The molecule has 0 radical (unpaired) electrons. The third-order valence-electron chi connectivity index (χ3n) is 2.66. The van der Waals surface area contributed by atoms with E-state index in [1.165, 1.54) is 5.56 Å². The molecule has 1 aliphatic rings. The summed E-state index contributed by atoms with van der Waals surface area (Å²) in [5, 5.41) is 0. The Labute approximate surface area is 84.0 Å². The summed E-state index contributed by atoms with van der Waals surface area (Å²) in [6, 6.07) is 3.92. The van der Waals surface area contributed by atoms with Gasteiger partial charge in [-0.05, 0) is 17.5 Å². The third kappa shape index (κ3) is 1.24. The van der Waals surface area contributed by atoms with E-state index in [4.69, 9.17) is 16.2 Å². The minimum Gasteiger partial charge on any atom is -0.489 e. The SMILES string of the molecule is CC(C)c1ccc(N)c2c1[C@@H](N)CO2. The zero-order valence-electron chi connectivity index (χ0n) is 8.58. The summed E-state index contributed by atoms with van der Waals surface area (Å²) >= 11 is 0. The van der Waals surface area contributed by atoms with Gasteiger partial charge in [0.25, 0.3) is 0 Å². The van der Waals surface area contributed by atoms with Crippen LogP contribution in [0.1, 0.15) is 36.9 Å². The zero-order valence-corrected chi connectivity index (χ0v) is 8.58. The molecular weight excluding hydrogens is 176 g/mol. The average molecular weight is 192 g/mol. The van der Waals surface area contributed by atoms with E-state index in [2.05, 4.69) is 13.8 Å². The van der Waals surface area contributed by atoms with E-state index in [9.17, 15) is 0 Å². The first kappa shape index (κ1) is 9.34. The maximum Gasteiger partial charge on any atom is 0.147 e. The van der Waals surface area contributed by atoms with E-state index in [0.717, 1.165) is 11.3 Å². The molecule has 1 heterocycles. The van der Waals surface area contributed by atoms with E-state index in [1.54, 1.807) is 0 Å². The maximum absolute atomic E-state index is 5.97. The molecule has 14 heavy (non-hydrogen) atoms. The number of nitrogens with two attached hydrogens (primary N) is 2. The van der Waals surface area contributed by atoms with Gasteiger partial charge in [-0.15, -0.1) is 0 Å². The molecule has 3 nitrogen and oxygen atoms in total. The average Bonchev–Trinajstić information content (AvgIpc) is 2.50. The number of benzene rings is 1. The van der Waals surface area contributed by atoms with Gasteiger partial charge >= 0.3 is 0 Å². The lowest BCUT2D eigenvalue weighted by atomic mass is 9.93. The second-order valence-corrected chi connectivity index (χ2v) is 4.06. The number of fused-ring (bicyclic) bond motifs is 1. The Morgan fingerprint density at radius 2 is 2.14 bits per heavy atom. The summed E-state index contributed by atoms with van der Waals surface area (Å²) in [5.41, 5.74) is 14.8. The second-order valence-electron chi connectivity index (χ2n) is 4.06. The van der Waals surface area contributed by atoms with Gasteiger partial charge in [-0.2, -0.15) is 0 Å². The second kappa shape index (κ2) is 3.17.